The maximum absolute atomic E-state index is 13.2. The Balaban J connectivity index is 1.44. The van der Waals surface area contributed by atoms with E-state index in [1.165, 1.54) is 11.8 Å². The molecule has 1 unspecified atom stereocenters. The van der Waals surface area contributed by atoms with Gasteiger partial charge in [0.1, 0.15) is 6.61 Å². The summed E-state index contributed by atoms with van der Waals surface area (Å²) in [7, 11) is 0. The van der Waals surface area contributed by atoms with Crippen LogP contribution in [0.5, 0.6) is 0 Å². The van der Waals surface area contributed by atoms with Crippen LogP contribution in [-0.4, -0.2) is 21.7 Å². The highest BCUT2D eigenvalue weighted by molar-refractivity contribution is 8.02. The van der Waals surface area contributed by atoms with E-state index in [2.05, 4.69) is 4.98 Å². The Morgan fingerprint density at radius 2 is 2.00 bits per heavy atom. The fourth-order valence-electron chi connectivity index (χ4n) is 4.03. The second kappa shape index (κ2) is 6.75. The minimum absolute atomic E-state index is 0.0377. The van der Waals surface area contributed by atoms with E-state index in [1.54, 1.807) is 4.90 Å². The molecule has 0 aliphatic carbocycles. The molecule has 5 nitrogen and oxygen atoms in total. The average molecular weight is 425 g/mol. The fraction of sp³-hybridized carbons (Fsp3) is 0.227. The third kappa shape index (κ3) is 2.74. The van der Waals surface area contributed by atoms with E-state index in [0.29, 0.717) is 23.6 Å². The normalized spacial score (nSPS) is 20.1. The van der Waals surface area contributed by atoms with E-state index in [1.807, 2.05) is 55.5 Å². The first-order chi connectivity index (χ1) is 14.0. The van der Waals surface area contributed by atoms with Gasteiger partial charge in [0.05, 0.1) is 21.9 Å². The number of pyridine rings is 1. The zero-order valence-corrected chi connectivity index (χ0v) is 17.2. The number of para-hydroxylation sites is 2. The van der Waals surface area contributed by atoms with Gasteiger partial charge in [-0.2, -0.15) is 0 Å². The minimum atomic E-state index is -1.04. The number of ether oxygens (including phenoxy) is 1. The van der Waals surface area contributed by atoms with Crippen molar-refractivity contribution in [1.29, 1.82) is 0 Å². The molecule has 1 amide bonds. The van der Waals surface area contributed by atoms with E-state index < -0.39 is 10.8 Å². The largest absolute Gasteiger partial charge is 0.457 e. The topological polar surface area (TPSA) is 59.5 Å². The van der Waals surface area contributed by atoms with Crippen LogP contribution in [0.1, 0.15) is 24.1 Å². The summed E-state index contributed by atoms with van der Waals surface area (Å²) < 4.78 is 5.68. The number of hydrogen-bond donors (Lipinski definition) is 0. The molecule has 1 atom stereocenters. The molecule has 0 radical (unpaired) electrons. The van der Waals surface area contributed by atoms with Crippen LogP contribution in [-0.2, 0) is 20.9 Å². The number of halogens is 1. The molecule has 0 saturated carbocycles. The van der Waals surface area contributed by atoms with Crippen molar-refractivity contribution >= 4 is 51.8 Å². The molecule has 1 aromatic heterocycles. The second-order valence-electron chi connectivity index (χ2n) is 7.17. The summed E-state index contributed by atoms with van der Waals surface area (Å²) in [4.78, 5) is 31.7. The number of hydrogen-bond acceptors (Lipinski definition) is 5. The Kier molecular flexibility index (Phi) is 4.29. The fourth-order valence-corrected chi connectivity index (χ4v) is 5.64. The van der Waals surface area contributed by atoms with Gasteiger partial charge < -0.3 is 4.74 Å². The molecule has 5 rings (SSSR count). The van der Waals surface area contributed by atoms with E-state index in [0.717, 1.165) is 27.0 Å². The molecule has 1 fully saturated rings. The van der Waals surface area contributed by atoms with Gasteiger partial charge >= 0.3 is 5.97 Å². The summed E-state index contributed by atoms with van der Waals surface area (Å²) in [5, 5.41) is 1.47. The lowest BCUT2D eigenvalue weighted by atomic mass is 10.1. The predicted octanol–water partition coefficient (Wildman–Crippen LogP) is 4.87. The number of thioether (sulfide) groups is 1. The maximum atomic E-state index is 13.2. The van der Waals surface area contributed by atoms with Gasteiger partial charge in [0.2, 0.25) is 5.91 Å². The SMILES string of the molecule is Cc1c(Cl)c(COC(=O)C23CCC(=O)N2c2ccccc2S3)nc2ccccc12. The number of aromatic nitrogens is 1. The number of nitrogens with zero attached hydrogens (tertiary/aromatic N) is 2. The van der Waals surface area contributed by atoms with Crippen LogP contribution in [0.3, 0.4) is 0 Å². The summed E-state index contributed by atoms with van der Waals surface area (Å²) in [5.74, 6) is -0.495. The maximum Gasteiger partial charge on any atom is 0.343 e. The van der Waals surface area contributed by atoms with Crippen molar-refractivity contribution in [3.05, 3.63) is 64.8 Å². The lowest BCUT2D eigenvalue weighted by molar-refractivity contribution is -0.148. The van der Waals surface area contributed by atoms with E-state index in [4.69, 9.17) is 16.3 Å². The predicted molar refractivity (Wildman–Crippen MR) is 113 cm³/mol. The van der Waals surface area contributed by atoms with Crippen molar-refractivity contribution in [2.75, 3.05) is 4.90 Å². The van der Waals surface area contributed by atoms with Gasteiger partial charge in [-0.15, -0.1) is 0 Å². The molecule has 3 aromatic rings. The van der Waals surface area contributed by atoms with Gasteiger partial charge in [-0.05, 0) is 30.7 Å². The Hall–Kier alpha value is -2.57. The molecule has 0 spiro atoms. The van der Waals surface area contributed by atoms with Crippen molar-refractivity contribution in [3.63, 3.8) is 0 Å². The van der Waals surface area contributed by atoms with Crippen molar-refractivity contribution in [1.82, 2.24) is 4.98 Å². The monoisotopic (exact) mass is 424 g/mol. The van der Waals surface area contributed by atoms with Gasteiger partial charge in [0.15, 0.2) is 4.87 Å². The van der Waals surface area contributed by atoms with Gasteiger partial charge in [0, 0.05) is 23.1 Å². The highest BCUT2D eigenvalue weighted by atomic mass is 35.5. The van der Waals surface area contributed by atoms with Crippen LogP contribution in [0, 0.1) is 6.92 Å². The molecule has 29 heavy (non-hydrogen) atoms. The van der Waals surface area contributed by atoms with Crippen LogP contribution in [0.2, 0.25) is 5.02 Å². The van der Waals surface area contributed by atoms with Gasteiger partial charge in [-0.25, -0.2) is 9.78 Å². The molecule has 0 N–H and O–H groups in total. The van der Waals surface area contributed by atoms with Crippen LogP contribution in [0.4, 0.5) is 5.69 Å². The van der Waals surface area contributed by atoms with E-state index in [9.17, 15) is 9.59 Å². The molecule has 2 aromatic carbocycles. The zero-order valence-electron chi connectivity index (χ0n) is 15.6. The standard InChI is InChI=1S/C22H17ClN2O3S/c1-13-14-6-2-3-7-15(14)24-16(20(13)23)12-28-21(27)22-11-10-19(26)25(22)17-8-4-5-9-18(17)29-22/h2-9H,10-12H2,1H3. The molecule has 3 heterocycles. The Morgan fingerprint density at radius 1 is 1.24 bits per heavy atom. The molecule has 2 aliphatic rings. The smallest absolute Gasteiger partial charge is 0.343 e. The van der Waals surface area contributed by atoms with E-state index in [-0.39, 0.29) is 12.5 Å². The van der Waals surface area contributed by atoms with Gasteiger partial charge in [-0.3, -0.25) is 9.69 Å². The van der Waals surface area contributed by atoms with Crippen LogP contribution < -0.4 is 4.90 Å². The molecule has 0 bridgehead atoms. The lowest BCUT2D eigenvalue weighted by Crippen LogP contribution is -2.47. The number of benzene rings is 2. The Morgan fingerprint density at radius 3 is 2.86 bits per heavy atom. The number of fused-ring (bicyclic) bond motifs is 4. The number of amides is 1. The van der Waals surface area contributed by atoms with Gasteiger partial charge in [0.25, 0.3) is 0 Å². The quantitative estimate of drug-likeness (QED) is 0.561. The van der Waals surface area contributed by atoms with Gasteiger partial charge in [-0.1, -0.05) is 53.7 Å². The number of carbonyl (C=O) groups is 2. The minimum Gasteiger partial charge on any atom is -0.457 e. The van der Waals surface area contributed by atoms with Crippen molar-refractivity contribution in [2.45, 2.75) is 36.1 Å². The summed E-state index contributed by atoms with van der Waals surface area (Å²) in [6.45, 7) is 1.89. The average Bonchev–Trinajstić information content (AvgIpc) is 3.25. The Bertz CT molecular complexity index is 1180. The summed E-state index contributed by atoms with van der Waals surface area (Å²) in [5.41, 5.74) is 3.00. The number of carbonyl (C=O) groups excluding carboxylic acids is 2. The third-order valence-electron chi connectivity index (χ3n) is 5.48. The summed E-state index contributed by atoms with van der Waals surface area (Å²) in [6.07, 6.45) is 0.743. The second-order valence-corrected chi connectivity index (χ2v) is 8.87. The number of esters is 1. The van der Waals surface area contributed by atoms with Crippen molar-refractivity contribution in [2.24, 2.45) is 0 Å². The first-order valence-electron chi connectivity index (χ1n) is 9.33. The third-order valence-corrected chi connectivity index (χ3v) is 7.44. The lowest BCUT2D eigenvalue weighted by Gasteiger charge is -2.28. The van der Waals surface area contributed by atoms with Crippen molar-refractivity contribution < 1.29 is 14.3 Å². The number of aryl methyl sites for hydroxylation is 1. The number of rotatable bonds is 3. The highest BCUT2D eigenvalue weighted by Crippen LogP contribution is 2.56. The zero-order chi connectivity index (χ0) is 20.2. The number of anilines is 1. The highest BCUT2D eigenvalue weighted by Gasteiger charge is 2.58. The van der Waals surface area contributed by atoms with Crippen molar-refractivity contribution in [3.8, 4) is 0 Å². The first kappa shape index (κ1) is 18.5. The molecule has 1 saturated heterocycles. The molecular formula is C22H17ClN2O3S. The molecule has 7 heteroatoms. The molecular weight excluding hydrogens is 408 g/mol. The van der Waals surface area contributed by atoms with E-state index >= 15 is 0 Å². The molecule has 146 valence electrons. The first-order valence-corrected chi connectivity index (χ1v) is 10.5. The van der Waals surface area contributed by atoms with Crippen LogP contribution >= 0.6 is 23.4 Å². The van der Waals surface area contributed by atoms with Crippen LogP contribution in [0.25, 0.3) is 10.9 Å². The van der Waals surface area contributed by atoms with Crippen LogP contribution in [0.15, 0.2) is 53.4 Å². The molecule has 2 aliphatic heterocycles. The summed E-state index contributed by atoms with van der Waals surface area (Å²) >= 11 is 7.89. The summed E-state index contributed by atoms with van der Waals surface area (Å²) in [6, 6.07) is 15.3. The Labute approximate surface area is 177 Å².